The van der Waals surface area contributed by atoms with Crippen molar-refractivity contribution in [2.24, 2.45) is 5.92 Å². The van der Waals surface area contributed by atoms with E-state index in [9.17, 15) is 23.1 Å². The Hall–Kier alpha value is -3.41. The molecule has 3 atom stereocenters. The van der Waals surface area contributed by atoms with Crippen molar-refractivity contribution >= 4 is 32.7 Å². The number of aromatic nitrogens is 2. The van der Waals surface area contributed by atoms with E-state index in [4.69, 9.17) is 0 Å². The summed E-state index contributed by atoms with van der Waals surface area (Å²) < 4.78 is 27.2. The van der Waals surface area contributed by atoms with Crippen LogP contribution >= 0.6 is 0 Å². The first-order chi connectivity index (χ1) is 18.1. The molecule has 0 spiro atoms. The lowest BCUT2D eigenvalue weighted by molar-refractivity contribution is -0.125. The van der Waals surface area contributed by atoms with E-state index in [0.717, 1.165) is 10.9 Å². The van der Waals surface area contributed by atoms with E-state index >= 15 is 0 Å². The number of nitrogens with one attached hydrogen (secondary N) is 2. The number of carbonyl (C=O) groups is 2. The molecule has 1 aromatic carbocycles. The van der Waals surface area contributed by atoms with Crippen LogP contribution in [0, 0.1) is 5.92 Å². The first-order valence-corrected chi connectivity index (χ1v) is 14.1. The molecule has 1 fully saturated rings. The molecule has 2 aromatic heterocycles. The molecule has 3 N–H and O–H groups in total. The van der Waals surface area contributed by atoms with E-state index in [1.165, 1.54) is 22.8 Å². The zero-order chi connectivity index (χ0) is 27.3. The SMILES string of the molecule is CC(C)C[C@H](NC(=O)c1cnc2ccccc2c1)C(=O)NC1CCCN(S(=O)(=O)c2ccccn2)CC1O. The van der Waals surface area contributed by atoms with Crippen LogP contribution in [-0.2, 0) is 14.8 Å². The topological polar surface area (TPSA) is 142 Å². The lowest BCUT2D eigenvalue weighted by Crippen LogP contribution is -2.54. The van der Waals surface area contributed by atoms with Crippen LogP contribution in [0.15, 0.2) is 66.0 Å². The number of fused-ring (bicyclic) bond motifs is 1. The van der Waals surface area contributed by atoms with Gasteiger partial charge in [-0.3, -0.25) is 14.6 Å². The summed E-state index contributed by atoms with van der Waals surface area (Å²) in [4.78, 5) is 34.6. The second-order valence-electron chi connectivity index (χ2n) is 9.93. The molecule has 1 aliphatic heterocycles. The van der Waals surface area contributed by atoms with Crippen LogP contribution in [0.3, 0.4) is 0 Å². The van der Waals surface area contributed by atoms with Crippen LogP contribution in [0.25, 0.3) is 10.9 Å². The standard InChI is InChI=1S/C27H33N5O5S/c1-18(2)14-23(31-26(34)20-15-19-8-3-4-9-21(19)29-16-20)27(35)30-22-10-7-13-32(17-24(22)33)38(36,37)25-11-5-6-12-28-25/h3-6,8-9,11-12,15-16,18,22-24,33H,7,10,13-14,17H2,1-2H3,(H,30,35)(H,31,34)/t22?,23-,24?/m0/s1. The summed E-state index contributed by atoms with van der Waals surface area (Å²) >= 11 is 0. The Kier molecular flexibility index (Phi) is 8.70. The monoisotopic (exact) mass is 539 g/mol. The number of pyridine rings is 2. The highest BCUT2D eigenvalue weighted by Gasteiger charge is 2.35. The van der Waals surface area contributed by atoms with Gasteiger partial charge >= 0.3 is 0 Å². The number of hydrogen-bond acceptors (Lipinski definition) is 7. The Morgan fingerprint density at radius 3 is 2.63 bits per heavy atom. The third kappa shape index (κ3) is 6.53. The molecule has 0 saturated carbocycles. The van der Waals surface area contributed by atoms with Crippen LogP contribution < -0.4 is 10.6 Å². The van der Waals surface area contributed by atoms with Crippen molar-refractivity contribution in [2.75, 3.05) is 13.1 Å². The fourth-order valence-electron chi connectivity index (χ4n) is 4.55. The van der Waals surface area contributed by atoms with E-state index in [1.54, 1.807) is 18.2 Å². The van der Waals surface area contributed by atoms with E-state index < -0.39 is 40.0 Å². The first kappa shape index (κ1) is 27.6. The van der Waals surface area contributed by atoms with E-state index in [2.05, 4.69) is 20.6 Å². The van der Waals surface area contributed by atoms with Crippen LogP contribution in [0.4, 0.5) is 0 Å². The normalized spacial score (nSPS) is 19.6. The summed E-state index contributed by atoms with van der Waals surface area (Å²) in [5, 5.41) is 17.3. The minimum atomic E-state index is -3.88. The van der Waals surface area contributed by atoms with Gasteiger partial charge in [0.15, 0.2) is 5.03 Å². The van der Waals surface area contributed by atoms with Crippen molar-refractivity contribution in [3.63, 3.8) is 0 Å². The Morgan fingerprint density at radius 2 is 1.89 bits per heavy atom. The summed E-state index contributed by atoms with van der Waals surface area (Å²) in [6.07, 6.45) is 2.98. The molecule has 0 bridgehead atoms. The van der Waals surface area contributed by atoms with Crippen LogP contribution in [-0.4, -0.2) is 70.9 Å². The molecular formula is C27H33N5O5S. The number of carbonyl (C=O) groups excluding carboxylic acids is 2. The number of aliphatic hydroxyl groups excluding tert-OH is 1. The molecule has 202 valence electrons. The smallest absolute Gasteiger partial charge is 0.260 e. The molecule has 1 aliphatic rings. The van der Waals surface area contributed by atoms with Gasteiger partial charge in [0.05, 0.1) is 23.2 Å². The predicted molar refractivity (Wildman–Crippen MR) is 143 cm³/mol. The minimum absolute atomic E-state index is 0.0856. The number of sulfonamides is 1. The molecule has 0 radical (unpaired) electrons. The Balaban J connectivity index is 1.44. The summed E-state index contributed by atoms with van der Waals surface area (Å²) in [5.74, 6) is -0.733. The summed E-state index contributed by atoms with van der Waals surface area (Å²) in [6, 6.07) is 12.3. The quantitative estimate of drug-likeness (QED) is 0.398. The fraction of sp³-hybridized carbons (Fsp3) is 0.407. The number of nitrogens with zero attached hydrogens (tertiary/aromatic N) is 3. The Morgan fingerprint density at radius 1 is 1.13 bits per heavy atom. The maximum atomic E-state index is 13.3. The van der Waals surface area contributed by atoms with Gasteiger partial charge in [-0.2, -0.15) is 4.31 Å². The van der Waals surface area contributed by atoms with Crippen molar-refractivity contribution in [3.05, 3.63) is 66.5 Å². The van der Waals surface area contributed by atoms with E-state index in [-0.39, 0.29) is 24.0 Å². The van der Waals surface area contributed by atoms with Gasteiger partial charge < -0.3 is 15.7 Å². The third-order valence-corrected chi connectivity index (χ3v) is 8.31. The number of amides is 2. The van der Waals surface area contributed by atoms with Gasteiger partial charge in [0.1, 0.15) is 6.04 Å². The Bertz CT molecular complexity index is 1380. The molecule has 2 amide bonds. The molecule has 1 saturated heterocycles. The van der Waals surface area contributed by atoms with Gasteiger partial charge in [-0.1, -0.05) is 38.1 Å². The lowest BCUT2D eigenvalue weighted by atomic mass is 10.0. The second kappa shape index (κ2) is 12.0. The van der Waals surface area contributed by atoms with Crippen molar-refractivity contribution in [2.45, 2.75) is 56.3 Å². The van der Waals surface area contributed by atoms with Crippen LogP contribution in [0.1, 0.15) is 43.5 Å². The summed E-state index contributed by atoms with van der Waals surface area (Å²) in [6.45, 7) is 3.92. The van der Waals surface area contributed by atoms with Gasteiger partial charge in [0, 0.05) is 30.9 Å². The number of benzene rings is 1. The van der Waals surface area contributed by atoms with Gasteiger partial charge in [-0.25, -0.2) is 13.4 Å². The first-order valence-electron chi connectivity index (χ1n) is 12.7. The highest BCUT2D eigenvalue weighted by Crippen LogP contribution is 2.20. The number of β-amino-alcohol motifs (C(OH)–C–C–N with tert-alkyl or cyclic N) is 1. The summed E-state index contributed by atoms with van der Waals surface area (Å²) in [5.41, 5.74) is 1.11. The lowest BCUT2D eigenvalue weighted by Gasteiger charge is -2.27. The molecule has 3 heterocycles. The van der Waals surface area contributed by atoms with Gasteiger partial charge in [-0.15, -0.1) is 0 Å². The average molecular weight is 540 g/mol. The molecule has 38 heavy (non-hydrogen) atoms. The average Bonchev–Trinajstić information content (AvgIpc) is 3.09. The maximum absolute atomic E-state index is 13.3. The maximum Gasteiger partial charge on any atom is 0.260 e. The minimum Gasteiger partial charge on any atom is -0.390 e. The zero-order valence-corrected chi connectivity index (χ0v) is 22.3. The van der Waals surface area contributed by atoms with Gasteiger partial charge in [-0.05, 0) is 49.4 Å². The second-order valence-corrected chi connectivity index (χ2v) is 11.8. The predicted octanol–water partition coefficient (Wildman–Crippen LogP) is 2.10. The number of para-hydroxylation sites is 1. The highest BCUT2D eigenvalue weighted by molar-refractivity contribution is 7.89. The number of hydrogen-bond donors (Lipinski definition) is 3. The number of rotatable bonds is 8. The van der Waals surface area contributed by atoms with Crippen molar-refractivity contribution in [3.8, 4) is 0 Å². The molecule has 4 rings (SSSR count). The van der Waals surface area contributed by atoms with Crippen LogP contribution in [0.2, 0.25) is 0 Å². The zero-order valence-electron chi connectivity index (χ0n) is 21.4. The Labute approximate surface area is 222 Å². The largest absolute Gasteiger partial charge is 0.390 e. The molecule has 10 nitrogen and oxygen atoms in total. The van der Waals surface area contributed by atoms with Gasteiger partial charge in [0.25, 0.3) is 15.9 Å². The van der Waals surface area contributed by atoms with Crippen molar-refractivity contribution in [1.29, 1.82) is 0 Å². The number of aliphatic hydroxyl groups is 1. The van der Waals surface area contributed by atoms with Crippen LogP contribution in [0.5, 0.6) is 0 Å². The molecular weight excluding hydrogens is 506 g/mol. The fourth-order valence-corrected chi connectivity index (χ4v) is 5.98. The van der Waals surface area contributed by atoms with Crippen molar-refractivity contribution < 1.29 is 23.1 Å². The van der Waals surface area contributed by atoms with Gasteiger partial charge in [0.2, 0.25) is 5.91 Å². The van der Waals surface area contributed by atoms with Crippen molar-refractivity contribution in [1.82, 2.24) is 24.9 Å². The molecule has 0 aliphatic carbocycles. The highest BCUT2D eigenvalue weighted by atomic mass is 32.2. The molecule has 2 unspecified atom stereocenters. The van der Waals surface area contributed by atoms with E-state index in [1.807, 2.05) is 38.1 Å². The van der Waals surface area contributed by atoms with E-state index in [0.29, 0.717) is 24.8 Å². The molecule has 3 aromatic rings. The molecule has 11 heteroatoms. The summed E-state index contributed by atoms with van der Waals surface area (Å²) in [7, 11) is -3.88. The third-order valence-electron chi connectivity index (χ3n) is 6.53.